The van der Waals surface area contributed by atoms with E-state index >= 15 is 0 Å². The van der Waals surface area contributed by atoms with Crippen LogP contribution in [0, 0.1) is 0 Å². The van der Waals surface area contributed by atoms with E-state index < -0.39 is 0 Å². The minimum atomic E-state index is -0.0853. The van der Waals surface area contributed by atoms with Gasteiger partial charge in [-0.3, -0.25) is 4.79 Å². The summed E-state index contributed by atoms with van der Waals surface area (Å²) in [6.45, 7) is 1.55. The average Bonchev–Trinajstić information content (AvgIpc) is 3.37. The number of hydrogen-bond acceptors (Lipinski definition) is 9. The molecule has 0 atom stereocenters. The Hall–Kier alpha value is -4.02. The van der Waals surface area contributed by atoms with Crippen LogP contribution < -0.4 is 19.7 Å². The lowest BCUT2D eigenvalue weighted by atomic mass is 10.1. The molecule has 1 aliphatic rings. The molecular weight excluding hydrogens is 464 g/mol. The Labute approximate surface area is 206 Å². The molecule has 0 unspecified atom stereocenters. The summed E-state index contributed by atoms with van der Waals surface area (Å²) in [5.41, 5.74) is 2.25. The number of anilines is 3. The van der Waals surface area contributed by atoms with E-state index in [1.807, 2.05) is 66.8 Å². The molecule has 0 fully saturated rings. The minimum absolute atomic E-state index is 0.0853. The van der Waals surface area contributed by atoms with Gasteiger partial charge >= 0.3 is 0 Å². The maximum absolute atomic E-state index is 12.9. The molecule has 10 heteroatoms. The molecule has 0 aliphatic carbocycles. The van der Waals surface area contributed by atoms with Crippen LogP contribution in [0.5, 0.6) is 16.7 Å². The molecule has 178 valence electrons. The van der Waals surface area contributed by atoms with Gasteiger partial charge in [-0.15, -0.1) is 0 Å². The topological polar surface area (TPSA) is 92.7 Å². The highest BCUT2D eigenvalue weighted by Crippen LogP contribution is 2.41. The average molecular weight is 489 g/mol. The number of nitrogens with zero attached hydrogens (tertiary/aromatic N) is 5. The molecule has 0 saturated heterocycles. The molecular formula is C25H24N6O3S. The summed E-state index contributed by atoms with van der Waals surface area (Å²) in [6, 6.07) is 11.3. The normalized spacial score (nSPS) is 13.2. The number of rotatable bonds is 7. The molecule has 2 aromatic carbocycles. The number of nitrogens with one attached hydrogen (secondary N) is 1. The van der Waals surface area contributed by atoms with Crippen molar-refractivity contribution < 1.29 is 14.3 Å². The second kappa shape index (κ2) is 10.1. The highest BCUT2D eigenvalue weighted by Gasteiger charge is 2.26. The summed E-state index contributed by atoms with van der Waals surface area (Å²) in [5, 5.41) is 6.53. The number of ether oxygens (including phenoxy) is 2. The Bertz CT molecular complexity index is 1360. The molecule has 1 N–H and O–H groups in total. The molecule has 3 heterocycles. The minimum Gasteiger partial charge on any atom is -0.489 e. The molecule has 0 radical (unpaired) electrons. The van der Waals surface area contributed by atoms with Crippen LogP contribution in [0.3, 0.4) is 0 Å². The Morgan fingerprint density at radius 1 is 1.20 bits per heavy atom. The Morgan fingerprint density at radius 3 is 2.83 bits per heavy atom. The van der Waals surface area contributed by atoms with Crippen LogP contribution >= 0.6 is 11.3 Å². The second-order valence-electron chi connectivity index (χ2n) is 8.08. The molecule has 2 aromatic heterocycles. The van der Waals surface area contributed by atoms with E-state index in [2.05, 4.69) is 20.3 Å². The largest absolute Gasteiger partial charge is 0.489 e. The van der Waals surface area contributed by atoms with Crippen molar-refractivity contribution >= 4 is 45.3 Å². The first kappa shape index (κ1) is 22.8. The molecule has 0 bridgehead atoms. The molecule has 35 heavy (non-hydrogen) atoms. The standard InChI is InChI=1S/C25H24N6O3S/c1-30(2)12-3-4-21(32)31-13-14-33-23-20(31)10-9-19-22(23)24(28-16-27-19)29-17-5-7-18(8-6-17)34-25-26-11-15-35-25/h3-11,15-16H,12-14H2,1-2H3,(H,27,28,29)/b4-3+. The van der Waals surface area contributed by atoms with Gasteiger partial charge in [-0.25, -0.2) is 15.0 Å². The van der Waals surface area contributed by atoms with Gasteiger partial charge in [0.15, 0.2) is 5.75 Å². The number of carbonyl (C=O) groups is 1. The summed E-state index contributed by atoms with van der Waals surface area (Å²) in [6.07, 6.45) is 6.67. The van der Waals surface area contributed by atoms with Gasteiger partial charge in [0, 0.05) is 29.9 Å². The summed E-state index contributed by atoms with van der Waals surface area (Å²) < 4.78 is 11.8. The van der Waals surface area contributed by atoms with E-state index in [4.69, 9.17) is 9.47 Å². The first-order valence-electron chi connectivity index (χ1n) is 11.1. The number of hydrogen-bond donors (Lipinski definition) is 1. The van der Waals surface area contributed by atoms with Crippen molar-refractivity contribution in [1.82, 2.24) is 19.9 Å². The fourth-order valence-electron chi connectivity index (χ4n) is 3.71. The van der Waals surface area contributed by atoms with E-state index in [1.165, 1.54) is 17.7 Å². The zero-order valence-electron chi connectivity index (χ0n) is 19.3. The van der Waals surface area contributed by atoms with Gasteiger partial charge in [-0.05, 0) is 50.5 Å². The Morgan fingerprint density at radius 2 is 2.06 bits per heavy atom. The van der Waals surface area contributed by atoms with Crippen LogP contribution in [0.1, 0.15) is 0 Å². The van der Waals surface area contributed by atoms with Gasteiger partial charge in [-0.1, -0.05) is 17.4 Å². The maximum atomic E-state index is 12.9. The molecule has 1 amide bonds. The smallest absolute Gasteiger partial charge is 0.278 e. The molecule has 1 aliphatic heterocycles. The number of fused-ring (bicyclic) bond motifs is 3. The first-order valence-corrected chi connectivity index (χ1v) is 11.9. The fraction of sp³-hybridized carbons (Fsp3) is 0.200. The fourth-order valence-corrected chi connectivity index (χ4v) is 4.22. The Balaban J connectivity index is 1.43. The monoisotopic (exact) mass is 488 g/mol. The van der Waals surface area contributed by atoms with E-state index in [0.29, 0.717) is 47.9 Å². The molecule has 0 saturated carbocycles. The number of carbonyl (C=O) groups excluding carboxylic acids is 1. The number of benzene rings is 2. The summed E-state index contributed by atoms with van der Waals surface area (Å²) in [5.74, 6) is 1.79. The van der Waals surface area contributed by atoms with E-state index in [0.717, 1.165) is 16.6 Å². The van der Waals surface area contributed by atoms with Crippen molar-refractivity contribution in [2.45, 2.75) is 0 Å². The molecule has 5 rings (SSSR count). The van der Waals surface area contributed by atoms with Gasteiger partial charge in [0.2, 0.25) is 0 Å². The van der Waals surface area contributed by atoms with Crippen LogP contribution in [0.4, 0.5) is 17.2 Å². The number of thiazole rings is 1. The highest BCUT2D eigenvalue weighted by molar-refractivity contribution is 7.11. The number of likely N-dealkylation sites (N-methyl/N-ethyl adjacent to an activating group) is 1. The quantitative estimate of drug-likeness (QED) is 0.381. The highest BCUT2D eigenvalue weighted by atomic mass is 32.1. The van der Waals surface area contributed by atoms with E-state index in [9.17, 15) is 4.79 Å². The summed E-state index contributed by atoms with van der Waals surface area (Å²) in [4.78, 5) is 29.6. The van der Waals surface area contributed by atoms with Crippen molar-refractivity contribution in [3.8, 4) is 16.7 Å². The zero-order chi connectivity index (χ0) is 24.2. The second-order valence-corrected chi connectivity index (χ2v) is 8.94. The van der Waals surface area contributed by atoms with Crippen LogP contribution in [0.2, 0.25) is 0 Å². The van der Waals surface area contributed by atoms with E-state index in [-0.39, 0.29) is 5.91 Å². The summed E-state index contributed by atoms with van der Waals surface area (Å²) >= 11 is 1.43. The molecule has 4 aromatic rings. The SMILES string of the molecule is CN(C)C/C=C/C(=O)N1CCOc2c1ccc1ncnc(Nc3ccc(Oc4nccs4)cc3)c21. The van der Waals surface area contributed by atoms with Gasteiger partial charge < -0.3 is 24.6 Å². The van der Waals surface area contributed by atoms with Crippen molar-refractivity contribution in [2.24, 2.45) is 0 Å². The van der Waals surface area contributed by atoms with Crippen LogP contribution in [-0.4, -0.2) is 59.6 Å². The molecule has 0 spiro atoms. The van der Waals surface area contributed by atoms with Gasteiger partial charge in [0.25, 0.3) is 11.1 Å². The van der Waals surface area contributed by atoms with Crippen molar-refractivity contribution in [3.63, 3.8) is 0 Å². The van der Waals surface area contributed by atoms with Crippen LogP contribution in [0.15, 0.2) is 66.5 Å². The third-order valence-electron chi connectivity index (χ3n) is 5.32. The Kier molecular flexibility index (Phi) is 6.55. The van der Waals surface area contributed by atoms with Crippen LogP contribution in [0.25, 0.3) is 10.9 Å². The number of aromatic nitrogens is 3. The van der Waals surface area contributed by atoms with Gasteiger partial charge in [0.1, 0.15) is 24.5 Å². The third kappa shape index (κ3) is 5.08. The number of amides is 1. The van der Waals surface area contributed by atoms with Gasteiger partial charge in [-0.2, -0.15) is 0 Å². The third-order valence-corrected chi connectivity index (χ3v) is 5.96. The van der Waals surface area contributed by atoms with Crippen molar-refractivity contribution in [2.75, 3.05) is 44.0 Å². The predicted molar refractivity (Wildman–Crippen MR) is 137 cm³/mol. The van der Waals surface area contributed by atoms with Crippen LogP contribution in [-0.2, 0) is 4.79 Å². The zero-order valence-corrected chi connectivity index (χ0v) is 20.2. The lowest BCUT2D eigenvalue weighted by molar-refractivity contribution is -0.114. The van der Waals surface area contributed by atoms with E-state index in [1.54, 1.807) is 17.2 Å². The van der Waals surface area contributed by atoms with Gasteiger partial charge in [0.05, 0.1) is 23.1 Å². The summed E-state index contributed by atoms with van der Waals surface area (Å²) in [7, 11) is 3.92. The maximum Gasteiger partial charge on any atom is 0.278 e. The lowest BCUT2D eigenvalue weighted by Gasteiger charge is -2.30. The molecule has 9 nitrogen and oxygen atoms in total. The van der Waals surface area contributed by atoms with Crippen molar-refractivity contribution in [1.29, 1.82) is 0 Å². The van der Waals surface area contributed by atoms with Crippen molar-refractivity contribution in [3.05, 3.63) is 66.5 Å². The lowest BCUT2D eigenvalue weighted by Crippen LogP contribution is -2.37. The first-order chi connectivity index (χ1) is 17.1. The predicted octanol–water partition coefficient (Wildman–Crippen LogP) is 4.47.